The molecule has 0 radical (unpaired) electrons. The summed E-state index contributed by atoms with van der Waals surface area (Å²) < 4.78 is 5.41. The predicted molar refractivity (Wildman–Crippen MR) is 109 cm³/mol. The van der Waals surface area contributed by atoms with Crippen molar-refractivity contribution in [2.24, 2.45) is 0 Å². The summed E-state index contributed by atoms with van der Waals surface area (Å²) in [5.41, 5.74) is 3.18. The molecule has 2 N–H and O–H groups in total. The zero-order valence-corrected chi connectivity index (χ0v) is 15.9. The molecule has 0 saturated carbocycles. The van der Waals surface area contributed by atoms with Crippen molar-refractivity contribution in [3.8, 4) is 11.6 Å². The Morgan fingerprint density at radius 3 is 2.89 bits per heavy atom. The molecule has 0 spiro atoms. The highest BCUT2D eigenvalue weighted by molar-refractivity contribution is 7.20. The van der Waals surface area contributed by atoms with Crippen molar-refractivity contribution in [1.82, 2.24) is 20.2 Å². The van der Waals surface area contributed by atoms with Gasteiger partial charge in [-0.1, -0.05) is 12.1 Å². The molecule has 0 unspecified atom stereocenters. The van der Waals surface area contributed by atoms with Gasteiger partial charge in [0.1, 0.15) is 4.83 Å². The number of carbonyl (C=O) groups is 1. The molecule has 0 saturated heterocycles. The molecule has 1 amide bonds. The smallest absolute Gasteiger partial charge is 0.266 e. The molecular weight excluding hydrogens is 374 g/mol. The molecule has 0 atom stereocenters. The summed E-state index contributed by atoms with van der Waals surface area (Å²) in [5, 5.41) is 11.8. The largest absolute Gasteiger partial charge is 0.461 e. The number of H-pyrrole nitrogens is 1. The van der Waals surface area contributed by atoms with Gasteiger partial charge >= 0.3 is 0 Å². The fraction of sp³-hybridized carbons (Fsp3) is 0.100. The van der Waals surface area contributed by atoms with Crippen LogP contribution < -0.4 is 5.32 Å². The van der Waals surface area contributed by atoms with Gasteiger partial charge in [-0.05, 0) is 37.6 Å². The van der Waals surface area contributed by atoms with E-state index < -0.39 is 0 Å². The van der Waals surface area contributed by atoms with Crippen LogP contribution in [0.1, 0.15) is 20.9 Å². The number of anilines is 1. The number of fused-ring (bicyclic) bond motifs is 2. The number of rotatable bonds is 3. The Morgan fingerprint density at radius 1 is 1.18 bits per heavy atom. The third-order valence-electron chi connectivity index (χ3n) is 4.64. The van der Waals surface area contributed by atoms with Crippen molar-refractivity contribution < 1.29 is 9.21 Å². The number of benzene rings is 1. The summed E-state index contributed by atoms with van der Waals surface area (Å²) in [7, 11) is 0. The van der Waals surface area contributed by atoms with E-state index in [1.54, 1.807) is 18.5 Å². The molecule has 5 rings (SSSR count). The SMILES string of the molecule is Cc1nc(-c2ccco2)nc2sc(C(=O)Nc3cccc4cn[nH]c34)c(C)c12. The second-order valence-electron chi connectivity index (χ2n) is 6.44. The summed E-state index contributed by atoms with van der Waals surface area (Å²) in [4.78, 5) is 23.5. The Balaban J connectivity index is 1.57. The van der Waals surface area contributed by atoms with Crippen LogP contribution in [0.4, 0.5) is 5.69 Å². The van der Waals surface area contributed by atoms with Crippen LogP contribution in [0.25, 0.3) is 32.7 Å². The zero-order valence-electron chi connectivity index (χ0n) is 15.1. The predicted octanol–water partition coefficient (Wildman–Crippen LogP) is 4.70. The fourth-order valence-corrected chi connectivity index (χ4v) is 4.45. The number of thiophene rings is 1. The van der Waals surface area contributed by atoms with E-state index in [1.807, 2.05) is 38.1 Å². The van der Waals surface area contributed by atoms with E-state index >= 15 is 0 Å². The first-order valence-corrected chi connectivity index (χ1v) is 9.48. The lowest BCUT2D eigenvalue weighted by Crippen LogP contribution is -2.11. The minimum Gasteiger partial charge on any atom is -0.461 e. The molecule has 5 aromatic rings. The van der Waals surface area contributed by atoms with Gasteiger partial charge in [-0.25, -0.2) is 9.97 Å². The number of nitrogens with zero attached hydrogens (tertiary/aromatic N) is 3. The number of para-hydroxylation sites is 1. The van der Waals surface area contributed by atoms with Crippen molar-refractivity contribution in [3.63, 3.8) is 0 Å². The van der Waals surface area contributed by atoms with Gasteiger partial charge < -0.3 is 9.73 Å². The molecule has 28 heavy (non-hydrogen) atoms. The first-order chi connectivity index (χ1) is 13.6. The molecule has 1 aromatic carbocycles. The lowest BCUT2D eigenvalue weighted by atomic mass is 10.1. The molecule has 8 heteroatoms. The molecule has 0 aliphatic carbocycles. The number of nitrogens with one attached hydrogen (secondary N) is 2. The van der Waals surface area contributed by atoms with E-state index in [1.165, 1.54) is 11.3 Å². The summed E-state index contributed by atoms with van der Waals surface area (Å²) in [6.07, 6.45) is 3.32. The van der Waals surface area contributed by atoms with E-state index in [-0.39, 0.29) is 5.91 Å². The number of amides is 1. The minimum atomic E-state index is -0.179. The first kappa shape index (κ1) is 16.6. The maximum Gasteiger partial charge on any atom is 0.266 e. The van der Waals surface area contributed by atoms with E-state index in [9.17, 15) is 4.79 Å². The van der Waals surface area contributed by atoms with Crippen molar-refractivity contribution in [2.75, 3.05) is 5.32 Å². The number of hydrogen-bond donors (Lipinski definition) is 2. The van der Waals surface area contributed by atoms with Crippen molar-refractivity contribution in [2.45, 2.75) is 13.8 Å². The number of aryl methyl sites for hydroxylation is 2. The van der Waals surface area contributed by atoms with Gasteiger partial charge in [-0.3, -0.25) is 9.89 Å². The third kappa shape index (κ3) is 2.57. The number of aromatic amines is 1. The van der Waals surface area contributed by atoms with E-state index in [2.05, 4.69) is 25.5 Å². The zero-order chi connectivity index (χ0) is 19.3. The van der Waals surface area contributed by atoms with Crippen LogP contribution in [0.15, 0.2) is 47.2 Å². The molecule has 0 bridgehead atoms. The Kier molecular flexibility index (Phi) is 3.73. The van der Waals surface area contributed by atoms with E-state index in [0.29, 0.717) is 22.1 Å². The third-order valence-corrected chi connectivity index (χ3v) is 5.83. The normalized spacial score (nSPS) is 11.4. The van der Waals surface area contributed by atoms with Crippen molar-refractivity contribution in [3.05, 3.63) is 58.9 Å². The van der Waals surface area contributed by atoms with Crippen LogP contribution in [0, 0.1) is 13.8 Å². The van der Waals surface area contributed by atoms with Crippen molar-refractivity contribution >= 4 is 44.1 Å². The second kappa shape index (κ2) is 6.28. The Morgan fingerprint density at radius 2 is 2.07 bits per heavy atom. The minimum absolute atomic E-state index is 0.179. The van der Waals surface area contributed by atoms with Gasteiger partial charge in [-0.15, -0.1) is 11.3 Å². The van der Waals surface area contributed by atoms with Gasteiger partial charge in [0.25, 0.3) is 5.91 Å². The van der Waals surface area contributed by atoms with Gasteiger partial charge in [0.2, 0.25) is 0 Å². The first-order valence-electron chi connectivity index (χ1n) is 8.67. The summed E-state index contributed by atoms with van der Waals surface area (Å²) >= 11 is 1.35. The maximum atomic E-state index is 13.0. The van der Waals surface area contributed by atoms with Gasteiger partial charge in [0, 0.05) is 10.8 Å². The van der Waals surface area contributed by atoms with Crippen LogP contribution in [0.2, 0.25) is 0 Å². The molecule has 0 fully saturated rings. The van der Waals surface area contributed by atoms with Crippen LogP contribution in [0.5, 0.6) is 0 Å². The van der Waals surface area contributed by atoms with E-state index in [0.717, 1.165) is 32.4 Å². The average Bonchev–Trinajstić information content (AvgIpc) is 3.41. The Labute approximate surface area is 163 Å². The molecule has 0 aliphatic rings. The van der Waals surface area contributed by atoms with Crippen LogP contribution >= 0.6 is 11.3 Å². The van der Waals surface area contributed by atoms with E-state index in [4.69, 9.17) is 4.42 Å². The standard InChI is InChI=1S/C20H15N5O2S/c1-10-15-11(2)22-18(14-7-4-8-27-14)24-20(15)28-17(10)19(26)23-13-6-3-5-12-9-21-25-16(12)13/h3-9H,1-2H3,(H,21,25)(H,23,26). The number of furan rings is 1. The molecule has 4 heterocycles. The topological polar surface area (TPSA) is 96.7 Å². The summed E-state index contributed by atoms with van der Waals surface area (Å²) in [6, 6.07) is 9.29. The quantitative estimate of drug-likeness (QED) is 0.466. The monoisotopic (exact) mass is 389 g/mol. The molecular formula is C20H15N5O2S. The Hall–Kier alpha value is -3.52. The number of carbonyl (C=O) groups excluding carboxylic acids is 1. The van der Waals surface area contributed by atoms with Gasteiger partial charge in [0.15, 0.2) is 11.6 Å². The number of aromatic nitrogens is 4. The highest BCUT2D eigenvalue weighted by atomic mass is 32.1. The fourth-order valence-electron chi connectivity index (χ4n) is 3.32. The Bertz CT molecular complexity index is 1330. The summed E-state index contributed by atoms with van der Waals surface area (Å²) in [5.74, 6) is 0.944. The van der Waals surface area contributed by atoms with Crippen LogP contribution in [-0.2, 0) is 0 Å². The number of hydrogen-bond acceptors (Lipinski definition) is 6. The molecule has 7 nitrogen and oxygen atoms in total. The van der Waals surface area contributed by atoms with Crippen LogP contribution in [0.3, 0.4) is 0 Å². The molecule has 4 aromatic heterocycles. The second-order valence-corrected chi connectivity index (χ2v) is 7.44. The van der Waals surface area contributed by atoms with Crippen LogP contribution in [-0.4, -0.2) is 26.1 Å². The lowest BCUT2D eigenvalue weighted by molar-refractivity contribution is 0.103. The molecule has 0 aliphatic heterocycles. The van der Waals surface area contributed by atoms with Gasteiger partial charge in [-0.2, -0.15) is 5.10 Å². The molecule has 138 valence electrons. The summed E-state index contributed by atoms with van der Waals surface area (Å²) in [6.45, 7) is 3.84. The highest BCUT2D eigenvalue weighted by Crippen LogP contribution is 2.33. The lowest BCUT2D eigenvalue weighted by Gasteiger charge is -2.05. The maximum absolute atomic E-state index is 13.0. The highest BCUT2D eigenvalue weighted by Gasteiger charge is 2.20. The van der Waals surface area contributed by atoms with Gasteiger partial charge in [0.05, 0.1) is 34.2 Å². The average molecular weight is 389 g/mol. The van der Waals surface area contributed by atoms with Crippen molar-refractivity contribution in [1.29, 1.82) is 0 Å².